The number of halogens is 1. The van der Waals surface area contributed by atoms with Crippen LogP contribution in [0.2, 0.25) is 0 Å². The SMILES string of the molecule is CN=C(NCCSC)NCc1ccc(N2CCOCC2)cc1.I. The van der Waals surface area contributed by atoms with E-state index >= 15 is 0 Å². The second-order valence-electron chi connectivity index (χ2n) is 5.11. The fourth-order valence-corrected chi connectivity index (χ4v) is 2.63. The van der Waals surface area contributed by atoms with Gasteiger partial charge in [-0.3, -0.25) is 4.99 Å². The minimum Gasteiger partial charge on any atom is -0.378 e. The number of thioether (sulfide) groups is 1. The zero-order valence-electron chi connectivity index (χ0n) is 13.9. The first-order valence-corrected chi connectivity index (χ1v) is 9.08. The molecule has 5 nitrogen and oxygen atoms in total. The van der Waals surface area contributed by atoms with Crippen LogP contribution in [0.4, 0.5) is 5.69 Å². The molecule has 0 amide bonds. The number of hydrogen-bond acceptors (Lipinski definition) is 4. The standard InChI is InChI=1S/C16H26N4OS.HI/c1-17-16(18-7-12-22-2)19-13-14-3-5-15(6-4-14)20-8-10-21-11-9-20;/h3-6H,7-13H2,1-2H3,(H2,17,18,19);1H. The van der Waals surface area contributed by atoms with Crippen LogP contribution < -0.4 is 15.5 Å². The Hall–Kier alpha value is -0.670. The van der Waals surface area contributed by atoms with E-state index in [9.17, 15) is 0 Å². The van der Waals surface area contributed by atoms with Crippen LogP contribution in [0.5, 0.6) is 0 Å². The van der Waals surface area contributed by atoms with Crippen LogP contribution in [0.3, 0.4) is 0 Å². The molecular formula is C16H27IN4OS. The van der Waals surface area contributed by atoms with Crippen molar-refractivity contribution in [2.45, 2.75) is 6.54 Å². The topological polar surface area (TPSA) is 48.9 Å². The monoisotopic (exact) mass is 450 g/mol. The predicted octanol–water partition coefficient (Wildman–Crippen LogP) is 2.17. The summed E-state index contributed by atoms with van der Waals surface area (Å²) in [7, 11) is 1.80. The summed E-state index contributed by atoms with van der Waals surface area (Å²) in [4.78, 5) is 6.59. The third-order valence-electron chi connectivity index (χ3n) is 3.59. The normalized spacial score (nSPS) is 15.0. The minimum absolute atomic E-state index is 0. The van der Waals surface area contributed by atoms with E-state index in [2.05, 4.69) is 51.0 Å². The van der Waals surface area contributed by atoms with Gasteiger partial charge in [0.2, 0.25) is 0 Å². The molecule has 2 N–H and O–H groups in total. The second-order valence-corrected chi connectivity index (χ2v) is 6.10. The molecule has 1 aromatic rings. The van der Waals surface area contributed by atoms with Gasteiger partial charge in [0, 0.05) is 44.7 Å². The fourth-order valence-electron chi connectivity index (χ4n) is 2.32. The molecule has 23 heavy (non-hydrogen) atoms. The van der Waals surface area contributed by atoms with E-state index in [1.807, 2.05) is 11.8 Å². The van der Waals surface area contributed by atoms with Gasteiger partial charge in [-0.1, -0.05) is 12.1 Å². The molecule has 1 heterocycles. The molecule has 130 valence electrons. The number of anilines is 1. The van der Waals surface area contributed by atoms with Gasteiger partial charge in [-0.25, -0.2) is 0 Å². The molecule has 0 aromatic heterocycles. The van der Waals surface area contributed by atoms with E-state index in [1.54, 1.807) is 7.05 Å². The Morgan fingerprint density at radius 2 is 1.91 bits per heavy atom. The van der Waals surface area contributed by atoms with E-state index in [0.29, 0.717) is 0 Å². The number of morpholine rings is 1. The molecule has 0 unspecified atom stereocenters. The molecule has 0 spiro atoms. The number of rotatable bonds is 6. The van der Waals surface area contributed by atoms with Crippen molar-refractivity contribution in [3.05, 3.63) is 29.8 Å². The number of hydrogen-bond donors (Lipinski definition) is 2. The van der Waals surface area contributed by atoms with Gasteiger partial charge in [0.15, 0.2) is 5.96 Å². The third-order valence-corrected chi connectivity index (χ3v) is 4.21. The number of benzene rings is 1. The molecule has 1 fully saturated rings. The van der Waals surface area contributed by atoms with Crippen molar-refractivity contribution in [2.75, 3.05) is 56.8 Å². The zero-order valence-corrected chi connectivity index (χ0v) is 17.0. The molecule has 1 aromatic carbocycles. The van der Waals surface area contributed by atoms with Crippen molar-refractivity contribution in [3.8, 4) is 0 Å². The Labute approximate surface area is 160 Å². The van der Waals surface area contributed by atoms with Gasteiger partial charge >= 0.3 is 0 Å². The molecule has 0 aliphatic carbocycles. The summed E-state index contributed by atoms with van der Waals surface area (Å²) in [5.74, 6) is 1.93. The van der Waals surface area contributed by atoms with Gasteiger partial charge in [-0.05, 0) is 24.0 Å². The van der Waals surface area contributed by atoms with Gasteiger partial charge in [0.25, 0.3) is 0 Å². The lowest BCUT2D eigenvalue weighted by Crippen LogP contribution is -2.38. The van der Waals surface area contributed by atoms with Gasteiger partial charge in [-0.15, -0.1) is 24.0 Å². The number of nitrogens with one attached hydrogen (secondary N) is 2. The highest BCUT2D eigenvalue weighted by Crippen LogP contribution is 2.16. The quantitative estimate of drug-likeness (QED) is 0.301. The molecule has 0 bridgehead atoms. The lowest BCUT2D eigenvalue weighted by Gasteiger charge is -2.28. The highest BCUT2D eigenvalue weighted by molar-refractivity contribution is 14.0. The lowest BCUT2D eigenvalue weighted by molar-refractivity contribution is 0.122. The molecular weight excluding hydrogens is 423 g/mol. The molecule has 7 heteroatoms. The third kappa shape index (κ3) is 7.17. The van der Waals surface area contributed by atoms with Crippen LogP contribution >= 0.6 is 35.7 Å². The van der Waals surface area contributed by atoms with E-state index < -0.39 is 0 Å². The summed E-state index contributed by atoms with van der Waals surface area (Å²) >= 11 is 1.82. The van der Waals surface area contributed by atoms with Crippen LogP contribution in [0.25, 0.3) is 0 Å². The van der Waals surface area contributed by atoms with Gasteiger partial charge < -0.3 is 20.3 Å². The van der Waals surface area contributed by atoms with Crippen molar-refractivity contribution in [1.29, 1.82) is 0 Å². The Morgan fingerprint density at radius 1 is 1.22 bits per heavy atom. The van der Waals surface area contributed by atoms with Gasteiger partial charge in [-0.2, -0.15) is 11.8 Å². The van der Waals surface area contributed by atoms with Crippen molar-refractivity contribution >= 4 is 47.4 Å². The second kappa shape index (κ2) is 11.8. The zero-order chi connectivity index (χ0) is 15.6. The Kier molecular flexibility index (Phi) is 10.5. The summed E-state index contributed by atoms with van der Waals surface area (Å²) in [6.07, 6.45) is 2.11. The van der Waals surface area contributed by atoms with Crippen LogP contribution in [-0.4, -0.2) is 57.9 Å². The number of aliphatic imine (C=N–C) groups is 1. The van der Waals surface area contributed by atoms with Crippen LogP contribution in [-0.2, 0) is 11.3 Å². The molecule has 0 saturated carbocycles. The van der Waals surface area contributed by atoms with E-state index in [4.69, 9.17) is 4.74 Å². The summed E-state index contributed by atoms with van der Waals surface area (Å²) in [5.41, 5.74) is 2.53. The fraction of sp³-hybridized carbons (Fsp3) is 0.562. The Morgan fingerprint density at radius 3 is 2.52 bits per heavy atom. The first kappa shape index (κ1) is 20.4. The Bertz CT molecular complexity index is 464. The average Bonchev–Trinajstić information content (AvgIpc) is 2.59. The number of ether oxygens (including phenoxy) is 1. The van der Waals surface area contributed by atoms with Crippen LogP contribution in [0.1, 0.15) is 5.56 Å². The van der Waals surface area contributed by atoms with Gasteiger partial charge in [0.1, 0.15) is 0 Å². The average molecular weight is 450 g/mol. The molecule has 2 rings (SSSR count). The molecule has 1 aliphatic heterocycles. The molecule has 0 atom stereocenters. The number of nitrogens with zero attached hydrogens (tertiary/aromatic N) is 2. The maximum absolute atomic E-state index is 5.39. The largest absolute Gasteiger partial charge is 0.378 e. The highest BCUT2D eigenvalue weighted by atomic mass is 127. The first-order chi connectivity index (χ1) is 10.8. The van der Waals surface area contributed by atoms with Crippen LogP contribution in [0, 0.1) is 0 Å². The summed E-state index contributed by atoms with van der Waals surface area (Å²) in [5, 5.41) is 6.64. The van der Waals surface area contributed by atoms with E-state index in [0.717, 1.165) is 51.1 Å². The summed E-state index contributed by atoms with van der Waals surface area (Å²) in [6.45, 7) is 5.30. The predicted molar refractivity (Wildman–Crippen MR) is 111 cm³/mol. The highest BCUT2D eigenvalue weighted by Gasteiger charge is 2.10. The first-order valence-electron chi connectivity index (χ1n) is 7.68. The van der Waals surface area contributed by atoms with Crippen LogP contribution in [0.15, 0.2) is 29.3 Å². The summed E-state index contributed by atoms with van der Waals surface area (Å²) < 4.78 is 5.39. The smallest absolute Gasteiger partial charge is 0.191 e. The Balaban J connectivity index is 0.00000264. The van der Waals surface area contributed by atoms with Crippen molar-refractivity contribution in [1.82, 2.24) is 10.6 Å². The van der Waals surface area contributed by atoms with E-state index in [-0.39, 0.29) is 24.0 Å². The van der Waals surface area contributed by atoms with Crippen molar-refractivity contribution in [3.63, 3.8) is 0 Å². The van der Waals surface area contributed by atoms with Gasteiger partial charge in [0.05, 0.1) is 13.2 Å². The van der Waals surface area contributed by atoms with Crippen molar-refractivity contribution < 1.29 is 4.74 Å². The maximum Gasteiger partial charge on any atom is 0.191 e. The summed E-state index contributed by atoms with van der Waals surface area (Å²) in [6, 6.07) is 8.72. The molecule has 1 saturated heterocycles. The lowest BCUT2D eigenvalue weighted by atomic mass is 10.2. The number of guanidine groups is 1. The minimum atomic E-state index is 0. The van der Waals surface area contributed by atoms with Crippen molar-refractivity contribution in [2.24, 2.45) is 4.99 Å². The molecule has 1 aliphatic rings. The van der Waals surface area contributed by atoms with E-state index in [1.165, 1.54) is 11.3 Å². The molecule has 0 radical (unpaired) electrons. The maximum atomic E-state index is 5.39.